The van der Waals surface area contributed by atoms with Crippen LogP contribution in [0.1, 0.15) is 69.2 Å². The molecule has 1 aromatic carbocycles. The fourth-order valence-corrected chi connectivity index (χ4v) is 5.74. The zero-order chi connectivity index (χ0) is 22.3. The van der Waals surface area contributed by atoms with Crippen LogP contribution in [0, 0.1) is 11.3 Å². The van der Waals surface area contributed by atoms with E-state index in [1.54, 1.807) is 0 Å². The van der Waals surface area contributed by atoms with Gasteiger partial charge in [-0.2, -0.15) is 5.10 Å². The van der Waals surface area contributed by atoms with Gasteiger partial charge in [0.2, 0.25) is 11.8 Å². The largest absolute Gasteiger partial charge is 0.341 e. The van der Waals surface area contributed by atoms with Crippen molar-refractivity contribution in [3.63, 3.8) is 0 Å². The molecule has 2 aliphatic heterocycles. The van der Waals surface area contributed by atoms with Crippen LogP contribution >= 0.6 is 0 Å². The zero-order valence-corrected chi connectivity index (χ0v) is 19.2. The summed E-state index contributed by atoms with van der Waals surface area (Å²) in [7, 11) is 0. The number of aromatic nitrogens is 2. The van der Waals surface area contributed by atoms with E-state index in [4.69, 9.17) is 0 Å². The van der Waals surface area contributed by atoms with E-state index in [1.165, 1.54) is 0 Å². The van der Waals surface area contributed by atoms with Crippen molar-refractivity contribution in [2.45, 2.75) is 64.5 Å². The number of carbonyl (C=O) groups excluding carboxylic acids is 2. The molecule has 0 N–H and O–H groups in total. The van der Waals surface area contributed by atoms with Crippen LogP contribution in [0.15, 0.2) is 42.6 Å². The Balaban J connectivity index is 1.47. The molecule has 1 saturated carbocycles. The second-order valence-corrected chi connectivity index (χ2v) is 10.2. The van der Waals surface area contributed by atoms with Crippen LogP contribution < -0.4 is 0 Å². The van der Waals surface area contributed by atoms with Crippen LogP contribution in [-0.2, 0) is 16.1 Å². The summed E-state index contributed by atoms with van der Waals surface area (Å²) in [5, 5.41) is 4.57. The van der Waals surface area contributed by atoms with Crippen molar-refractivity contribution >= 4 is 11.8 Å². The molecule has 0 unspecified atom stereocenters. The molecule has 0 bridgehead atoms. The highest BCUT2D eigenvalue weighted by Crippen LogP contribution is 2.50. The number of hydrogen-bond donors (Lipinski definition) is 0. The molecule has 6 heteroatoms. The van der Waals surface area contributed by atoms with E-state index in [0.29, 0.717) is 32.0 Å². The van der Waals surface area contributed by atoms with Crippen molar-refractivity contribution in [3.05, 3.63) is 53.9 Å². The van der Waals surface area contributed by atoms with Crippen molar-refractivity contribution < 1.29 is 9.59 Å². The van der Waals surface area contributed by atoms with Crippen molar-refractivity contribution in [1.82, 2.24) is 19.6 Å². The minimum atomic E-state index is -0.557. The molecule has 1 aliphatic carbocycles. The first kappa shape index (κ1) is 21.2. The maximum absolute atomic E-state index is 14.1. The van der Waals surface area contributed by atoms with E-state index in [1.807, 2.05) is 38.9 Å². The van der Waals surface area contributed by atoms with E-state index in [-0.39, 0.29) is 23.8 Å². The van der Waals surface area contributed by atoms with E-state index in [2.05, 4.69) is 37.1 Å². The van der Waals surface area contributed by atoms with E-state index >= 15 is 0 Å². The summed E-state index contributed by atoms with van der Waals surface area (Å²) < 4.78 is 2.05. The molecule has 2 saturated heterocycles. The van der Waals surface area contributed by atoms with E-state index < -0.39 is 5.41 Å². The molecule has 3 aliphatic rings. The molecular formula is C26H34N4O2. The zero-order valence-electron chi connectivity index (χ0n) is 19.2. The smallest absolute Gasteiger partial charge is 0.231 e. The van der Waals surface area contributed by atoms with Gasteiger partial charge in [0.25, 0.3) is 0 Å². The normalized spacial score (nSPS) is 25.8. The lowest BCUT2D eigenvalue weighted by Crippen LogP contribution is -2.52. The van der Waals surface area contributed by atoms with E-state index in [9.17, 15) is 9.59 Å². The predicted octanol–water partition coefficient (Wildman–Crippen LogP) is 4.00. The summed E-state index contributed by atoms with van der Waals surface area (Å²) in [6.45, 7) is 6.82. The topological polar surface area (TPSA) is 58.4 Å². The number of likely N-dealkylation sites (tertiary alicyclic amines) is 2. The Hall–Kier alpha value is -2.63. The van der Waals surface area contributed by atoms with Crippen LogP contribution in [0.25, 0.3) is 0 Å². The summed E-state index contributed by atoms with van der Waals surface area (Å²) in [5.74, 6) is 0.964. The van der Waals surface area contributed by atoms with Gasteiger partial charge in [-0.25, -0.2) is 0 Å². The maximum Gasteiger partial charge on any atom is 0.231 e. The Kier molecular flexibility index (Phi) is 5.56. The number of hydrogen-bond acceptors (Lipinski definition) is 3. The molecule has 32 heavy (non-hydrogen) atoms. The Labute approximate surface area is 190 Å². The standard InChI is InChI=1S/C26H34N4O2/c1-19(2)30-23(11-13-27-30)22-17-29(24(31)15-20-9-10-20)18-26(22)12-6-14-28(25(26)32)16-21-7-4-3-5-8-21/h3-5,7-8,11,13,19-20,22H,6,9-10,12,14-18H2,1-2H3/t22-,26+/m0/s1. The Morgan fingerprint density at radius 3 is 2.69 bits per heavy atom. The summed E-state index contributed by atoms with van der Waals surface area (Å²) in [6.07, 6.45) is 6.60. The quantitative estimate of drug-likeness (QED) is 0.691. The predicted molar refractivity (Wildman–Crippen MR) is 123 cm³/mol. The van der Waals surface area contributed by atoms with Gasteiger partial charge in [-0.3, -0.25) is 14.3 Å². The van der Waals surface area contributed by atoms with Gasteiger partial charge in [-0.1, -0.05) is 30.3 Å². The Morgan fingerprint density at radius 1 is 1.19 bits per heavy atom. The summed E-state index contributed by atoms with van der Waals surface area (Å²) in [6, 6.07) is 12.5. The number of amides is 2. The van der Waals surface area contributed by atoms with Crippen LogP contribution in [0.3, 0.4) is 0 Å². The van der Waals surface area contributed by atoms with Gasteiger partial charge in [0.05, 0.1) is 5.41 Å². The lowest BCUT2D eigenvalue weighted by molar-refractivity contribution is -0.147. The number of nitrogens with zero attached hydrogens (tertiary/aromatic N) is 4. The van der Waals surface area contributed by atoms with Crippen molar-refractivity contribution in [2.24, 2.45) is 11.3 Å². The molecule has 170 valence electrons. The number of rotatable bonds is 6. The van der Waals surface area contributed by atoms with E-state index in [0.717, 1.165) is 43.5 Å². The fraction of sp³-hybridized carbons (Fsp3) is 0.577. The molecule has 1 spiro atoms. The molecule has 6 nitrogen and oxygen atoms in total. The summed E-state index contributed by atoms with van der Waals surface area (Å²) in [4.78, 5) is 31.2. The highest BCUT2D eigenvalue weighted by molar-refractivity contribution is 5.87. The van der Waals surface area contributed by atoms with Crippen LogP contribution in [0.4, 0.5) is 0 Å². The number of piperidine rings is 1. The SMILES string of the molecule is CC(C)n1nccc1[C@@H]1CN(C(=O)CC2CC2)C[C@]12CCCN(Cc1ccccc1)C2=O. The second-order valence-electron chi connectivity index (χ2n) is 10.2. The van der Waals surface area contributed by atoms with Crippen LogP contribution in [-0.4, -0.2) is 51.0 Å². The molecule has 1 aromatic heterocycles. The Bertz CT molecular complexity index is 981. The third-order valence-corrected chi connectivity index (χ3v) is 7.58. The monoisotopic (exact) mass is 434 g/mol. The molecule has 2 atom stereocenters. The fourth-order valence-electron chi connectivity index (χ4n) is 5.74. The molecule has 0 radical (unpaired) electrons. The third kappa shape index (κ3) is 3.84. The summed E-state index contributed by atoms with van der Waals surface area (Å²) >= 11 is 0. The highest BCUT2D eigenvalue weighted by atomic mass is 16.2. The third-order valence-electron chi connectivity index (χ3n) is 7.58. The van der Waals surface area contributed by atoms with Crippen molar-refractivity contribution in [2.75, 3.05) is 19.6 Å². The van der Waals surface area contributed by atoms with Gasteiger partial charge in [0.1, 0.15) is 0 Å². The molecule has 3 fully saturated rings. The minimum Gasteiger partial charge on any atom is -0.341 e. The van der Waals surface area contributed by atoms with Crippen LogP contribution in [0.5, 0.6) is 0 Å². The number of carbonyl (C=O) groups is 2. The van der Waals surface area contributed by atoms with Crippen LogP contribution in [0.2, 0.25) is 0 Å². The molecule has 5 rings (SSSR count). The first-order valence-electron chi connectivity index (χ1n) is 12.1. The van der Waals surface area contributed by atoms with Gasteiger partial charge in [0.15, 0.2) is 0 Å². The maximum atomic E-state index is 14.1. The van der Waals surface area contributed by atoms with Crippen molar-refractivity contribution in [1.29, 1.82) is 0 Å². The van der Waals surface area contributed by atoms with Gasteiger partial charge in [-0.15, -0.1) is 0 Å². The molecule has 2 aromatic rings. The highest BCUT2D eigenvalue weighted by Gasteiger charge is 2.57. The van der Waals surface area contributed by atoms with Gasteiger partial charge in [0, 0.05) is 56.5 Å². The van der Waals surface area contributed by atoms with Gasteiger partial charge >= 0.3 is 0 Å². The minimum absolute atomic E-state index is 0.0124. The molecule has 3 heterocycles. The lowest BCUT2D eigenvalue weighted by atomic mass is 9.70. The molecule has 2 amide bonds. The molecular weight excluding hydrogens is 400 g/mol. The average Bonchev–Trinajstić information content (AvgIpc) is 3.32. The van der Waals surface area contributed by atoms with Crippen molar-refractivity contribution in [3.8, 4) is 0 Å². The number of benzene rings is 1. The average molecular weight is 435 g/mol. The first-order chi connectivity index (χ1) is 15.5. The lowest BCUT2D eigenvalue weighted by Gasteiger charge is -2.42. The van der Waals surface area contributed by atoms with Gasteiger partial charge in [-0.05, 0) is 57.1 Å². The summed E-state index contributed by atoms with van der Waals surface area (Å²) in [5.41, 5.74) is 1.69. The van der Waals surface area contributed by atoms with Gasteiger partial charge < -0.3 is 9.80 Å². The Morgan fingerprint density at radius 2 is 1.97 bits per heavy atom. The first-order valence-corrected chi connectivity index (χ1v) is 12.1. The second kappa shape index (κ2) is 8.38.